The second-order valence-corrected chi connectivity index (χ2v) is 20.0. The third-order valence-corrected chi connectivity index (χ3v) is 16.9. The number of rotatable bonds is 12. The summed E-state index contributed by atoms with van der Waals surface area (Å²) in [6.07, 6.45) is 58.4. The van der Waals surface area contributed by atoms with Gasteiger partial charge in [0.25, 0.3) is 0 Å². The second-order valence-electron chi connectivity index (χ2n) is 20.0. The zero-order valence-electron chi connectivity index (χ0n) is 33.3. The van der Waals surface area contributed by atoms with Crippen molar-refractivity contribution in [1.82, 2.24) is 0 Å². The van der Waals surface area contributed by atoms with Gasteiger partial charge in [0.05, 0.1) is 0 Å². The lowest BCUT2D eigenvalue weighted by Crippen LogP contribution is -2.48. The molecular weight excluding hydrogens is 637 g/mol. The van der Waals surface area contributed by atoms with Gasteiger partial charge in [-0.3, -0.25) is 0 Å². The topological polar surface area (TPSA) is 0 Å². The van der Waals surface area contributed by atoms with E-state index in [-0.39, 0.29) is 0 Å². The first-order valence-electron chi connectivity index (χ1n) is 22.9. The Morgan fingerprint density at radius 1 is 0.283 bits per heavy atom. The van der Waals surface area contributed by atoms with E-state index in [9.17, 15) is 0 Å². The predicted octanol–water partition coefficient (Wildman–Crippen LogP) is 14.3. The fourth-order valence-corrected chi connectivity index (χ4v) is 14.0. The molecular formula is C53H74. The number of allylic oxidation sites excluding steroid dienone is 14. The normalized spacial score (nSPS) is 48.2. The average Bonchev–Trinajstić information content (AvgIpc) is 4.04. The predicted molar refractivity (Wildman–Crippen MR) is 228 cm³/mol. The van der Waals surface area contributed by atoms with Gasteiger partial charge in [-0.2, -0.15) is 0 Å². The van der Waals surface area contributed by atoms with Gasteiger partial charge in [0.2, 0.25) is 0 Å². The summed E-state index contributed by atoms with van der Waals surface area (Å²) in [5.41, 5.74) is 0. The molecule has 53 heavy (non-hydrogen) atoms. The van der Waals surface area contributed by atoms with Crippen molar-refractivity contribution in [2.75, 3.05) is 0 Å². The molecule has 8 saturated carbocycles. The van der Waals surface area contributed by atoms with Crippen LogP contribution in [0, 0.1) is 107 Å². The summed E-state index contributed by atoms with van der Waals surface area (Å²) in [5.74, 6) is 14.5. The van der Waals surface area contributed by atoms with Gasteiger partial charge in [0, 0.05) is 0 Å². The first-order valence-corrected chi connectivity index (χ1v) is 22.9. The molecule has 18 atom stereocenters. The molecule has 0 aromatic rings. The summed E-state index contributed by atoms with van der Waals surface area (Å²) in [6, 6.07) is 0. The van der Waals surface area contributed by atoms with E-state index in [0.717, 1.165) is 101 Å². The van der Waals surface area contributed by atoms with E-state index in [4.69, 9.17) is 0 Å². The summed E-state index contributed by atoms with van der Waals surface area (Å²) in [6.45, 7) is 16.6. The Morgan fingerprint density at radius 2 is 0.585 bits per heavy atom. The number of hydrogen-bond donors (Lipinski definition) is 0. The van der Waals surface area contributed by atoms with Crippen molar-refractivity contribution < 1.29 is 0 Å². The van der Waals surface area contributed by atoms with Crippen LogP contribution in [0.15, 0.2) is 111 Å². The van der Waals surface area contributed by atoms with E-state index < -0.39 is 0 Å². The molecule has 0 radical (unpaired) electrons. The Balaban J connectivity index is 0.000000507. The van der Waals surface area contributed by atoms with E-state index in [1.165, 1.54) is 109 Å². The van der Waals surface area contributed by atoms with Crippen LogP contribution in [0.5, 0.6) is 0 Å². The monoisotopic (exact) mass is 711 g/mol. The average molecular weight is 711 g/mol. The third kappa shape index (κ3) is 8.43. The zero-order valence-corrected chi connectivity index (χ0v) is 33.3. The largest absolute Gasteiger partial charge is 0.103 e. The molecule has 0 nitrogen and oxygen atoms in total. The van der Waals surface area contributed by atoms with Gasteiger partial charge in [-0.15, -0.1) is 26.3 Å². The Bertz CT molecular complexity index is 1420. The van der Waals surface area contributed by atoms with Gasteiger partial charge in [0.1, 0.15) is 0 Å². The van der Waals surface area contributed by atoms with Crippen molar-refractivity contribution in [2.24, 2.45) is 107 Å². The highest BCUT2D eigenvalue weighted by molar-refractivity contribution is 5.24. The van der Waals surface area contributed by atoms with Crippen LogP contribution in [-0.2, 0) is 0 Å². The van der Waals surface area contributed by atoms with Crippen LogP contribution in [0.4, 0.5) is 0 Å². The number of fused-ring (bicyclic) bond motifs is 6. The quantitative estimate of drug-likeness (QED) is 0.177. The highest BCUT2D eigenvalue weighted by Gasteiger charge is 2.65. The molecule has 2 bridgehead atoms. The summed E-state index contributed by atoms with van der Waals surface area (Å²) in [7, 11) is 0. The lowest BCUT2D eigenvalue weighted by atomic mass is 9.52. The van der Waals surface area contributed by atoms with Gasteiger partial charge in [-0.05, 0) is 216 Å². The molecule has 0 spiro atoms. The van der Waals surface area contributed by atoms with Crippen molar-refractivity contribution >= 4 is 0 Å². The van der Waals surface area contributed by atoms with E-state index in [2.05, 4.69) is 111 Å². The van der Waals surface area contributed by atoms with Crippen molar-refractivity contribution in [3.05, 3.63) is 111 Å². The maximum absolute atomic E-state index is 4.41. The summed E-state index contributed by atoms with van der Waals surface area (Å²) < 4.78 is 0. The third-order valence-electron chi connectivity index (χ3n) is 16.9. The highest BCUT2D eigenvalue weighted by Crippen LogP contribution is 2.70. The fraction of sp³-hybridized carbons (Fsp3) is 0.660. The van der Waals surface area contributed by atoms with Crippen molar-refractivity contribution in [1.29, 1.82) is 0 Å². The van der Waals surface area contributed by atoms with Crippen molar-refractivity contribution in [3.8, 4) is 0 Å². The molecule has 0 saturated heterocycles. The molecule has 0 aromatic heterocycles. The first kappa shape index (κ1) is 37.6. The smallest absolute Gasteiger partial charge is 0.0193 e. The van der Waals surface area contributed by atoms with Crippen LogP contribution in [-0.4, -0.2) is 0 Å². The molecule has 9 aliphatic rings. The molecule has 0 N–H and O–H groups in total. The Hall–Kier alpha value is -2.34. The highest BCUT2D eigenvalue weighted by atomic mass is 14.7. The molecule has 286 valence electrons. The minimum atomic E-state index is 0.699. The van der Waals surface area contributed by atoms with Gasteiger partial charge in [0.15, 0.2) is 0 Å². The second kappa shape index (κ2) is 17.2. The lowest BCUT2D eigenvalue weighted by Gasteiger charge is -2.52. The van der Waals surface area contributed by atoms with E-state index in [0.29, 0.717) is 5.92 Å². The molecule has 9 rings (SSSR count). The van der Waals surface area contributed by atoms with Crippen molar-refractivity contribution in [2.45, 2.75) is 109 Å². The van der Waals surface area contributed by atoms with Crippen LogP contribution >= 0.6 is 0 Å². The maximum atomic E-state index is 4.41. The van der Waals surface area contributed by atoms with Crippen LogP contribution in [0.2, 0.25) is 0 Å². The van der Waals surface area contributed by atoms with Gasteiger partial charge >= 0.3 is 0 Å². The first-order chi connectivity index (χ1) is 26.0. The Kier molecular flexibility index (Phi) is 12.2. The summed E-state index contributed by atoms with van der Waals surface area (Å²) in [5, 5.41) is 0. The molecule has 9 aliphatic carbocycles. The number of hydrogen-bond acceptors (Lipinski definition) is 0. The minimum Gasteiger partial charge on any atom is -0.103 e. The molecule has 0 amide bonds. The molecule has 0 heterocycles. The van der Waals surface area contributed by atoms with Gasteiger partial charge in [-0.1, -0.05) is 85.1 Å². The molecule has 0 aromatic carbocycles. The van der Waals surface area contributed by atoms with Crippen LogP contribution in [0.3, 0.4) is 0 Å². The van der Waals surface area contributed by atoms with E-state index >= 15 is 0 Å². The standard InChI is InChI=1S/C46H64.C7H10/c1-5-31-9-12-34(25-31)15-16-35-17-18-38(28-35)21-22-40-29-39(8-4)43-44(40)46-42(24-20-37-14-11-33(7-3)27-37)30-41(45(43)46)23-19-36-13-10-32(6-2)26-36;1-2-7-4-3-6(1)5-7/h5-8,15-16,19-24,31-46H,1-4,9-14,17-18,25-30H2;1-2,6-7H,3-5H2/b16-15-,22-21-,23-19-,24-20-;. The van der Waals surface area contributed by atoms with Gasteiger partial charge < -0.3 is 0 Å². The minimum absolute atomic E-state index is 0.699. The van der Waals surface area contributed by atoms with Gasteiger partial charge in [-0.25, -0.2) is 0 Å². The molecule has 0 aliphatic heterocycles. The van der Waals surface area contributed by atoms with Crippen molar-refractivity contribution in [3.63, 3.8) is 0 Å². The molecule has 18 unspecified atom stereocenters. The Labute approximate surface area is 325 Å². The summed E-state index contributed by atoms with van der Waals surface area (Å²) >= 11 is 0. The SMILES string of the molecule is C1=CC2CCC1C2.C=CC1CCC(/C=C\C2CCC(/C=C\C3CC(C=C)C4C3C3C(/C=C\C5CCC(C=C)C5)CC(/C=C\C5CCC(C=C)C5)C43)C2)C1. The molecule has 8 fully saturated rings. The fourth-order valence-electron chi connectivity index (χ4n) is 14.0. The van der Waals surface area contributed by atoms with Crippen LogP contribution in [0.1, 0.15) is 109 Å². The zero-order chi connectivity index (χ0) is 36.3. The van der Waals surface area contributed by atoms with E-state index in [1.54, 1.807) is 0 Å². The maximum Gasteiger partial charge on any atom is -0.0193 e. The van der Waals surface area contributed by atoms with Crippen LogP contribution < -0.4 is 0 Å². The molecule has 0 heteroatoms. The summed E-state index contributed by atoms with van der Waals surface area (Å²) in [4.78, 5) is 0. The van der Waals surface area contributed by atoms with Crippen LogP contribution in [0.25, 0.3) is 0 Å². The lowest BCUT2D eigenvalue weighted by molar-refractivity contribution is -0.0273. The van der Waals surface area contributed by atoms with E-state index in [1.807, 2.05) is 0 Å². The Morgan fingerprint density at radius 3 is 0.868 bits per heavy atom.